The Bertz CT molecular complexity index is 533. The van der Waals surface area contributed by atoms with Crippen molar-refractivity contribution in [3.8, 4) is 10.6 Å². The molecule has 0 amide bonds. The van der Waals surface area contributed by atoms with Gasteiger partial charge in [-0.25, -0.2) is 4.79 Å². The molecule has 0 saturated heterocycles. The Morgan fingerprint density at radius 2 is 2.38 bits per heavy atom. The van der Waals surface area contributed by atoms with Crippen molar-refractivity contribution in [3.05, 3.63) is 27.7 Å². The molecule has 2 rings (SSSR count). The van der Waals surface area contributed by atoms with Gasteiger partial charge in [-0.2, -0.15) is 5.10 Å². The van der Waals surface area contributed by atoms with E-state index < -0.39 is 5.97 Å². The fraction of sp³-hybridized carbons (Fsp3) is 0.200. The van der Waals surface area contributed by atoms with Gasteiger partial charge in [0.05, 0.1) is 8.66 Å². The van der Waals surface area contributed by atoms with Crippen LogP contribution in [0.3, 0.4) is 0 Å². The molecule has 4 nitrogen and oxygen atoms in total. The van der Waals surface area contributed by atoms with Crippen molar-refractivity contribution >= 4 is 33.2 Å². The maximum Gasteiger partial charge on any atom is 0.339 e. The molecule has 16 heavy (non-hydrogen) atoms. The van der Waals surface area contributed by atoms with E-state index in [9.17, 15) is 4.79 Å². The first-order valence-corrected chi connectivity index (χ1v) is 6.29. The van der Waals surface area contributed by atoms with Crippen LogP contribution in [-0.2, 0) is 6.54 Å². The smallest absolute Gasteiger partial charge is 0.339 e. The molecule has 0 aliphatic carbocycles. The molecule has 0 spiro atoms. The molecule has 2 heterocycles. The Balaban J connectivity index is 2.54. The van der Waals surface area contributed by atoms with Gasteiger partial charge in [-0.1, -0.05) is 0 Å². The van der Waals surface area contributed by atoms with Gasteiger partial charge in [-0.05, 0) is 35.0 Å². The third-order valence-corrected chi connectivity index (χ3v) is 3.75. The summed E-state index contributed by atoms with van der Waals surface area (Å²) in [5.74, 6) is -0.945. The number of carbonyl (C=O) groups is 1. The number of rotatable bonds is 3. The van der Waals surface area contributed by atoms with E-state index in [1.54, 1.807) is 10.9 Å². The third kappa shape index (κ3) is 2.03. The highest BCUT2D eigenvalue weighted by molar-refractivity contribution is 9.11. The maximum atomic E-state index is 11.1. The monoisotopic (exact) mass is 300 g/mol. The average Bonchev–Trinajstić information content (AvgIpc) is 2.82. The van der Waals surface area contributed by atoms with Crippen molar-refractivity contribution in [2.24, 2.45) is 0 Å². The summed E-state index contributed by atoms with van der Waals surface area (Å²) >= 11 is 4.83. The minimum atomic E-state index is -0.945. The van der Waals surface area contributed by atoms with E-state index in [4.69, 9.17) is 5.11 Å². The lowest BCUT2D eigenvalue weighted by molar-refractivity contribution is 0.0697. The van der Waals surface area contributed by atoms with E-state index in [0.29, 0.717) is 12.2 Å². The molecule has 0 saturated carbocycles. The van der Waals surface area contributed by atoms with Gasteiger partial charge in [0.1, 0.15) is 11.3 Å². The number of aromatic carboxylic acids is 1. The third-order valence-electron chi connectivity index (χ3n) is 2.12. The Kier molecular flexibility index (Phi) is 3.11. The molecule has 0 atom stereocenters. The van der Waals surface area contributed by atoms with Gasteiger partial charge in [0, 0.05) is 12.7 Å². The van der Waals surface area contributed by atoms with Gasteiger partial charge in [-0.15, -0.1) is 11.3 Å². The van der Waals surface area contributed by atoms with E-state index in [1.807, 2.05) is 19.1 Å². The minimum Gasteiger partial charge on any atom is -0.478 e. The van der Waals surface area contributed by atoms with Gasteiger partial charge in [0.15, 0.2) is 0 Å². The van der Waals surface area contributed by atoms with Gasteiger partial charge < -0.3 is 5.11 Å². The lowest BCUT2D eigenvalue weighted by Gasteiger charge is -1.93. The Hall–Kier alpha value is -1.14. The highest BCUT2D eigenvalue weighted by Crippen LogP contribution is 2.32. The second kappa shape index (κ2) is 4.39. The van der Waals surface area contributed by atoms with Crippen LogP contribution in [0.4, 0.5) is 0 Å². The molecule has 0 fully saturated rings. The molecular formula is C10H9BrN2O2S. The summed E-state index contributed by atoms with van der Waals surface area (Å²) in [5.41, 5.74) is 0.779. The van der Waals surface area contributed by atoms with Crippen LogP contribution in [0.5, 0.6) is 0 Å². The van der Waals surface area contributed by atoms with E-state index >= 15 is 0 Å². The van der Waals surface area contributed by atoms with Crippen molar-refractivity contribution in [1.29, 1.82) is 0 Å². The first-order chi connectivity index (χ1) is 7.61. The quantitative estimate of drug-likeness (QED) is 0.947. The van der Waals surface area contributed by atoms with Gasteiger partial charge >= 0.3 is 5.97 Å². The van der Waals surface area contributed by atoms with Crippen molar-refractivity contribution < 1.29 is 9.90 Å². The van der Waals surface area contributed by atoms with E-state index in [1.165, 1.54) is 11.3 Å². The molecular weight excluding hydrogens is 292 g/mol. The summed E-state index contributed by atoms with van der Waals surface area (Å²) < 4.78 is 2.59. The number of aromatic nitrogens is 2. The zero-order valence-electron chi connectivity index (χ0n) is 8.48. The highest BCUT2D eigenvalue weighted by atomic mass is 79.9. The molecule has 2 aromatic rings. The van der Waals surface area contributed by atoms with Gasteiger partial charge in [0.25, 0.3) is 0 Å². The zero-order valence-corrected chi connectivity index (χ0v) is 10.9. The summed E-state index contributed by atoms with van der Waals surface area (Å²) in [6.07, 6.45) is 1.56. The molecule has 2 aromatic heterocycles. The van der Waals surface area contributed by atoms with Crippen molar-refractivity contribution in [1.82, 2.24) is 9.78 Å². The van der Waals surface area contributed by atoms with Crippen molar-refractivity contribution in [2.75, 3.05) is 0 Å². The van der Waals surface area contributed by atoms with Crippen molar-refractivity contribution in [2.45, 2.75) is 13.5 Å². The van der Waals surface area contributed by atoms with Crippen LogP contribution in [0, 0.1) is 0 Å². The average molecular weight is 301 g/mol. The van der Waals surface area contributed by atoms with Crippen LogP contribution in [0.2, 0.25) is 0 Å². The molecule has 0 radical (unpaired) electrons. The van der Waals surface area contributed by atoms with E-state index in [2.05, 4.69) is 21.0 Å². The molecule has 0 aromatic carbocycles. The first kappa shape index (κ1) is 11.3. The number of halogens is 1. The summed E-state index contributed by atoms with van der Waals surface area (Å²) in [4.78, 5) is 11.9. The Labute approximate surface area is 105 Å². The highest BCUT2D eigenvalue weighted by Gasteiger charge is 2.17. The zero-order chi connectivity index (χ0) is 11.7. The van der Waals surface area contributed by atoms with Crippen LogP contribution in [0.25, 0.3) is 10.6 Å². The molecule has 0 aliphatic heterocycles. The van der Waals surface area contributed by atoms with Crippen LogP contribution < -0.4 is 0 Å². The summed E-state index contributed by atoms with van der Waals surface area (Å²) in [6, 6.07) is 3.75. The number of carboxylic acids is 1. The lowest BCUT2D eigenvalue weighted by atomic mass is 10.2. The second-order valence-corrected chi connectivity index (χ2v) is 5.62. The number of nitrogens with zero attached hydrogens (tertiary/aromatic N) is 2. The molecule has 6 heteroatoms. The summed E-state index contributed by atoms with van der Waals surface area (Å²) in [5, 5.41) is 13.3. The SMILES string of the molecule is CCn1cc(C(=O)O)c(-c2ccc(Br)s2)n1. The van der Waals surface area contributed by atoms with Crippen molar-refractivity contribution in [3.63, 3.8) is 0 Å². The fourth-order valence-corrected chi connectivity index (χ4v) is 2.75. The van der Waals surface area contributed by atoms with Crippen LogP contribution in [0.15, 0.2) is 22.1 Å². The standard InChI is InChI=1S/C10H9BrN2O2S/c1-2-13-5-6(10(14)15)9(12-13)7-3-4-8(11)16-7/h3-5H,2H2,1H3,(H,14,15). The maximum absolute atomic E-state index is 11.1. The fourth-order valence-electron chi connectivity index (χ4n) is 1.36. The topological polar surface area (TPSA) is 55.1 Å². The molecule has 1 N–H and O–H groups in total. The first-order valence-electron chi connectivity index (χ1n) is 4.68. The predicted molar refractivity (Wildman–Crippen MR) is 65.9 cm³/mol. The Morgan fingerprint density at radius 3 is 2.88 bits per heavy atom. The van der Waals surface area contributed by atoms with E-state index in [0.717, 1.165) is 8.66 Å². The minimum absolute atomic E-state index is 0.246. The van der Waals surface area contributed by atoms with Crippen LogP contribution in [-0.4, -0.2) is 20.9 Å². The number of thiophene rings is 1. The van der Waals surface area contributed by atoms with Crippen LogP contribution >= 0.6 is 27.3 Å². The van der Waals surface area contributed by atoms with Crippen LogP contribution in [0.1, 0.15) is 17.3 Å². The number of hydrogen-bond donors (Lipinski definition) is 1. The lowest BCUT2D eigenvalue weighted by Crippen LogP contribution is -1.95. The molecule has 0 unspecified atom stereocenters. The second-order valence-electron chi connectivity index (χ2n) is 3.16. The number of carboxylic acid groups (broad SMARTS) is 1. The van der Waals surface area contributed by atoms with E-state index in [-0.39, 0.29) is 5.56 Å². The predicted octanol–water partition coefficient (Wildman–Crippen LogP) is 3.09. The normalized spacial score (nSPS) is 10.6. The summed E-state index contributed by atoms with van der Waals surface area (Å²) in [6.45, 7) is 2.58. The van der Waals surface area contributed by atoms with Gasteiger partial charge in [-0.3, -0.25) is 4.68 Å². The molecule has 84 valence electrons. The van der Waals surface area contributed by atoms with Gasteiger partial charge in [0.2, 0.25) is 0 Å². The molecule has 0 bridgehead atoms. The number of hydrogen-bond acceptors (Lipinski definition) is 3. The number of aryl methyl sites for hydroxylation is 1. The summed E-state index contributed by atoms with van der Waals surface area (Å²) in [7, 11) is 0. The Morgan fingerprint density at radius 1 is 1.62 bits per heavy atom. The molecule has 0 aliphatic rings. The largest absolute Gasteiger partial charge is 0.478 e.